The molecular formula is C6H3NO2S. The third-order valence-corrected chi connectivity index (χ3v) is 2.12. The number of hydrogen-bond donors (Lipinski definition) is 0. The summed E-state index contributed by atoms with van der Waals surface area (Å²) in [5.74, 6) is 0. The van der Waals surface area contributed by atoms with E-state index in [1.807, 2.05) is 5.38 Å². The molecule has 2 rings (SSSR count). The zero-order valence-corrected chi connectivity index (χ0v) is 5.72. The topological polar surface area (TPSA) is 39.1 Å². The lowest BCUT2D eigenvalue weighted by atomic mass is 10.6. The molecule has 0 aliphatic carbocycles. The monoisotopic (exact) mass is 153 g/mol. The summed E-state index contributed by atoms with van der Waals surface area (Å²) >= 11 is 1.39. The number of aromatic nitrogens is 1. The van der Waals surface area contributed by atoms with E-state index in [9.17, 15) is 9.59 Å². The minimum absolute atomic E-state index is 0.401. The highest BCUT2D eigenvalue weighted by atomic mass is 32.1. The zero-order chi connectivity index (χ0) is 7.14. The minimum atomic E-state index is -0.401. The molecule has 0 saturated heterocycles. The first-order valence-electron chi connectivity index (χ1n) is 2.72. The number of thiophene rings is 1. The maximum Gasteiger partial charge on any atom is 0.325 e. The fourth-order valence-corrected chi connectivity index (χ4v) is 1.46. The first kappa shape index (κ1) is 5.61. The van der Waals surface area contributed by atoms with Gasteiger partial charge < -0.3 is 0 Å². The highest BCUT2D eigenvalue weighted by molar-refractivity contribution is 7.12. The Morgan fingerprint density at radius 3 is 2.40 bits per heavy atom. The Hall–Kier alpha value is -1.16. The molecule has 0 bridgehead atoms. The average molecular weight is 153 g/mol. The summed E-state index contributed by atoms with van der Waals surface area (Å²) in [6.07, 6.45) is 0. The van der Waals surface area contributed by atoms with Gasteiger partial charge in [-0.1, -0.05) is 0 Å². The van der Waals surface area contributed by atoms with E-state index in [1.165, 1.54) is 11.3 Å². The largest absolute Gasteiger partial charge is 0.325 e. The molecule has 2 aromatic rings. The molecule has 0 aliphatic heterocycles. The smallest absolute Gasteiger partial charge is 0.262 e. The van der Waals surface area contributed by atoms with Crippen LogP contribution in [0.4, 0.5) is 0 Å². The van der Waals surface area contributed by atoms with Crippen molar-refractivity contribution in [2.45, 2.75) is 0 Å². The van der Waals surface area contributed by atoms with Crippen molar-refractivity contribution in [3.8, 4) is 5.00 Å². The Morgan fingerprint density at radius 2 is 2.00 bits per heavy atom. The van der Waals surface area contributed by atoms with Crippen LogP contribution in [0, 0.1) is 0 Å². The van der Waals surface area contributed by atoms with E-state index in [2.05, 4.69) is 0 Å². The van der Waals surface area contributed by atoms with E-state index in [0.717, 1.165) is 9.57 Å². The lowest BCUT2D eigenvalue weighted by Crippen LogP contribution is -1.88. The van der Waals surface area contributed by atoms with Crippen LogP contribution in [0.15, 0.2) is 27.1 Å². The predicted octanol–water partition coefficient (Wildman–Crippen LogP) is 0.135. The maximum absolute atomic E-state index is 10.5. The van der Waals surface area contributed by atoms with Gasteiger partial charge in [-0.05, 0) is 17.5 Å². The standard InChI is InChI=1S/C6H3NO2S/c8-5-6(9)7(5)4-2-1-3-10-4/h1-3H. The van der Waals surface area contributed by atoms with Crippen molar-refractivity contribution in [1.82, 2.24) is 4.57 Å². The van der Waals surface area contributed by atoms with Crippen molar-refractivity contribution in [1.29, 1.82) is 0 Å². The Labute approximate surface area is 59.9 Å². The van der Waals surface area contributed by atoms with E-state index in [4.69, 9.17) is 0 Å². The molecule has 0 unspecified atom stereocenters. The second kappa shape index (κ2) is 1.67. The van der Waals surface area contributed by atoms with Crippen molar-refractivity contribution < 1.29 is 0 Å². The van der Waals surface area contributed by atoms with Crippen LogP contribution < -0.4 is 11.1 Å². The lowest BCUT2D eigenvalue weighted by Gasteiger charge is -1.78. The van der Waals surface area contributed by atoms with Crippen LogP contribution in [0.3, 0.4) is 0 Å². The van der Waals surface area contributed by atoms with Crippen LogP contribution in [0.25, 0.3) is 5.00 Å². The SMILES string of the molecule is O=c1c(=O)n1-c1cccs1. The lowest BCUT2D eigenvalue weighted by molar-refractivity contribution is 1.21. The molecule has 0 aromatic carbocycles. The van der Waals surface area contributed by atoms with Crippen LogP contribution in [0.5, 0.6) is 0 Å². The predicted molar refractivity (Wildman–Crippen MR) is 38.6 cm³/mol. The molecule has 2 heterocycles. The normalized spacial score (nSPS) is 10.8. The van der Waals surface area contributed by atoms with Crippen molar-refractivity contribution in [2.24, 2.45) is 0 Å². The van der Waals surface area contributed by atoms with E-state index in [1.54, 1.807) is 12.1 Å². The zero-order valence-electron chi connectivity index (χ0n) is 4.90. The number of rotatable bonds is 1. The third-order valence-electron chi connectivity index (χ3n) is 1.27. The summed E-state index contributed by atoms with van der Waals surface area (Å²) in [6, 6.07) is 3.55. The van der Waals surface area contributed by atoms with Crippen LogP contribution in [0.1, 0.15) is 0 Å². The third kappa shape index (κ3) is 0.593. The second-order valence-corrected chi connectivity index (χ2v) is 2.82. The van der Waals surface area contributed by atoms with Crippen LogP contribution in [-0.4, -0.2) is 4.57 Å². The fourth-order valence-electron chi connectivity index (χ4n) is 0.732. The highest BCUT2D eigenvalue weighted by Gasteiger charge is 2.17. The van der Waals surface area contributed by atoms with Gasteiger partial charge in [0.15, 0.2) is 0 Å². The molecule has 10 heavy (non-hydrogen) atoms. The van der Waals surface area contributed by atoms with E-state index >= 15 is 0 Å². The Morgan fingerprint density at radius 1 is 1.30 bits per heavy atom. The molecule has 2 aromatic heterocycles. The van der Waals surface area contributed by atoms with Gasteiger partial charge in [-0.25, -0.2) is 4.57 Å². The molecule has 0 amide bonds. The summed E-state index contributed by atoms with van der Waals surface area (Å²) in [6.45, 7) is 0. The van der Waals surface area contributed by atoms with Gasteiger partial charge in [0, 0.05) is 0 Å². The molecule has 3 nitrogen and oxygen atoms in total. The van der Waals surface area contributed by atoms with Crippen molar-refractivity contribution in [2.75, 3.05) is 0 Å². The van der Waals surface area contributed by atoms with Crippen LogP contribution in [0.2, 0.25) is 0 Å². The second-order valence-electron chi connectivity index (χ2n) is 1.90. The first-order valence-corrected chi connectivity index (χ1v) is 3.60. The molecule has 0 fully saturated rings. The van der Waals surface area contributed by atoms with Gasteiger partial charge in [-0.15, -0.1) is 11.3 Å². The van der Waals surface area contributed by atoms with Crippen molar-refractivity contribution in [3.63, 3.8) is 0 Å². The molecule has 50 valence electrons. The number of hydrogen-bond acceptors (Lipinski definition) is 3. The molecular weight excluding hydrogens is 150 g/mol. The van der Waals surface area contributed by atoms with Gasteiger partial charge in [0.2, 0.25) is 0 Å². The molecule has 0 saturated carbocycles. The van der Waals surface area contributed by atoms with E-state index in [-0.39, 0.29) is 0 Å². The van der Waals surface area contributed by atoms with Gasteiger partial charge in [-0.2, -0.15) is 0 Å². The van der Waals surface area contributed by atoms with Gasteiger partial charge >= 0.3 is 11.1 Å². The van der Waals surface area contributed by atoms with E-state index in [0.29, 0.717) is 0 Å². The average Bonchev–Trinajstić information content (AvgIpc) is 2.37. The molecule has 0 radical (unpaired) electrons. The summed E-state index contributed by atoms with van der Waals surface area (Å²) in [5, 5.41) is 2.55. The molecule has 0 aliphatic rings. The van der Waals surface area contributed by atoms with Crippen molar-refractivity contribution in [3.05, 3.63) is 38.2 Å². The molecule has 4 heteroatoms. The first-order chi connectivity index (χ1) is 4.80. The maximum atomic E-state index is 10.5. The number of nitrogens with zero attached hydrogens (tertiary/aromatic N) is 1. The summed E-state index contributed by atoms with van der Waals surface area (Å²) in [7, 11) is 0. The summed E-state index contributed by atoms with van der Waals surface area (Å²) in [4.78, 5) is 21.0. The minimum Gasteiger partial charge on any atom is -0.262 e. The Bertz CT molecular complexity index is 380. The van der Waals surface area contributed by atoms with E-state index < -0.39 is 11.1 Å². The van der Waals surface area contributed by atoms with Crippen LogP contribution in [-0.2, 0) is 0 Å². The summed E-state index contributed by atoms with van der Waals surface area (Å²) in [5.41, 5.74) is -0.801. The van der Waals surface area contributed by atoms with Gasteiger partial charge in [0.05, 0.1) is 0 Å². The summed E-state index contributed by atoms with van der Waals surface area (Å²) < 4.78 is 1.16. The van der Waals surface area contributed by atoms with Crippen molar-refractivity contribution >= 4 is 11.3 Å². The van der Waals surface area contributed by atoms with Gasteiger partial charge in [0.1, 0.15) is 5.00 Å². The molecule has 0 atom stereocenters. The molecule has 0 N–H and O–H groups in total. The van der Waals surface area contributed by atoms with Gasteiger partial charge in [-0.3, -0.25) is 9.59 Å². The quantitative estimate of drug-likeness (QED) is 0.546. The highest BCUT2D eigenvalue weighted by Crippen LogP contribution is 2.10. The molecule has 0 spiro atoms. The Kier molecular flexibility index (Phi) is 0.935. The van der Waals surface area contributed by atoms with Gasteiger partial charge in [0.25, 0.3) is 0 Å². The Balaban J connectivity index is 2.60. The van der Waals surface area contributed by atoms with Crippen LogP contribution >= 0.6 is 11.3 Å². The fraction of sp³-hybridized carbons (Fsp3) is 0.